The first-order valence-electron chi connectivity index (χ1n) is 7.95. The Balaban J connectivity index is 1.57. The quantitative estimate of drug-likeness (QED) is 0.733. The molecule has 0 radical (unpaired) electrons. The van der Waals surface area contributed by atoms with E-state index in [2.05, 4.69) is 36.5 Å². The number of para-hydroxylation sites is 1. The number of aryl methyl sites for hydroxylation is 1. The zero-order valence-electron chi connectivity index (χ0n) is 14.2. The van der Waals surface area contributed by atoms with Gasteiger partial charge >= 0.3 is 0 Å². The first-order valence-corrected chi connectivity index (χ1v) is 9.65. The standard InChI is InChI=1S/C18H21N3OS2/c1-13-8-9-23-16(13)10-20(2)12-18(22)21(3)11-17-19-14-6-4-5-7-15(14)24-17/h4-9H,10-12H2,1-3H3/p+1. The highest BCUT2D eigenvalue weighted by Crippen LogP contribution is 2.22. The summed E-state index contributed by atoms with van der Waals surface area (Å²) in [6.07, 6.45) is 0. The Morgan fingerprint density at radius 2 is 2.08 bits per heavy atom. The number of rotatable bonds is 6. The van der Waals surface area contributed by atoms with Gasteiger partial charge in [-0.25, -0.2) is 4.98 Å². The fraction of sp³-hybridized carbons (Fsp3) is 0.333. The van der Waals surface area contributed by atoms with Crippen LogP contribution in [0.4, 0.5) is 0 Å². The Hall–Kier alpha value is -1.76. The van der Waals surface area contributed by atoms with E-state index < -0.39 is 0 Å². The number of thiazole rings is 1. The largest absolute Gasteiger partial charge is 0.334 e. The maximum absolute atomic E-state index is 12.5. The maximum Gasteiger partial charge on any atom is 0.277 e. The van der Waals surface area contributed by atoms with Gasteiger partial charge in [-0.1, -0.05) is 12.1 Å². The van der Waals surface area contributed by atoms with Gasteiger partial charge in [-0.05, 0) is 36.1 Å². The number of aromatic nitrogens is 1. The van der Waals surface area contributed by atoms with Gasteiger partial charge < -0.3 is 9.80 Å². The van der Waals surface area contributed by atoms with Gasteiger partial charge in [-0.2, -0.15) is 0 Å². The molecule has 0 saturated heterocycles. The smallest absolute Gasteiger partial charge is 0.277 e. The summed E-state index contributed by atoms with van der Waals surface area (Å²) in [4.78, 5) is 21.4. The van der Waals surface area contributed by atoms with Gasteiger partial charge in [0, 0.05) is 7.05 Å². The molecule has 3 rings (SSSR count). The minimum Gasteiger partial charge on any atom is -0.334 e. The Labute approximate surface area is 150 Å². The second-order valence-electron chi connectivity index (χ2n) is 6.16. The molecule has 1 atom stereocenters. The number of quaternary nitrogens is 1. The first kappa shape index (κ1) is 17.1. The van der Waals surface area contributed by atoms with Gasteiger partial charge in [0.1, 0.15) is 11.6 Å². The van der Waals surface area contributed by atoms with Crippen molar-refractivity contribution in [2.75, 3.05) is 20.6 Å². The van der Waals surface area contributed by atoms with Crippen LogP contribution in [0.3, 0.4) is 0 Å². The Morgan fingerprint density at radius 1 is 1.29 bits per heavy atom. The molecule has 0 bridgehead atoms. The van der Waals surface area contributed by atoms with E-state index in [1.165, 1.54) is 20.0 Å². The molecular formula is C18H22N3OS2+. The lowest BCUT2D eigenvalue weighted by molar-refractivity contribution is -0.885. The lowest BCUT2D eigenvalue weighted by Gasteiger charge is -2.19. The van der Waals surface area contributed by atoms with Gasteiger partial charge in [0.05, 0.1) is 28.7 Å². The van der Waals surface area contributed by atoms with E-state index in [0.717, 1.165) is 17.1 Å². The summed E-state index contributed by atoms with van der Waals surface area (Å²) in [6, 6.07) is 10.2. The molecule has 0 aliphatic rings. The zero-order valence-corrected chi connectivity index (χ0v) is 15.8. The topological polar surface area (TPSA) is 37.6 Å². The molecule has 1 aromatic carbocycles. The fourth-order valence-electron chi connectivity index (χ4n) is 2.59. The van der Waals surface area contributed by atoms with Crippen LogP contribution in [0.2, 0.25) is 0 Å². The molecule has 126 valence electrons. The van der Waals surface area contributed by atoms with Crippen molar-refractivity contribution in [1.82, 2.24) is 9.88 Å². The Bertz CT molecular complexity index is 807. The van der Waals surface area contributed by atoms with E-state index >= 15 is 0 Å². The van der Waals surface area contributed by atoms with Crippen LogP contribution >= 0.6 is 22.7 Å². The van der Waals surface area contributed by atoms with Gasteiger partial charge in [-0.15, -0.1) is 22.7 Å². The summed E-state index contributed by atoms with van der Waals surface area (Å²) in [6.45, 7) is 4.09. The number of likely N-dealkylation sites (N-methyl/N-ethyl adjacent to an activating group) is 2. The van der Waals surface area contributed by atoms with Gasteiger partial charge in [0.2, 0.25) is 0 Å². The van der Waals surface area contributed by atoms with Crippen LogP contribution in [0, 0.1) is 6.92 Å². The van der Waals surface area contributed by atoms with Crippen molar-refractivity contribution in [3.63, 3.8) is 0 Å². The highest BCUT2D eigenvalue weighted by molar-refractivity contribution is 7.18. The molecule has 0 fully saturated rings. The van der Waals surface area contributed by atoms with Crippen LogP contribution in [0.25, 0.3) is 10.2 Å². The molecule has 3 aromatic rings. The Kier molecular flexibility index (Phi) is 5.28. The molecule has 1 N–H and O–H groups in total. The summed E-state index contributed by atoms with van der Waals surface area (Å²) in [5, 5.41) is 3.10. The number of fused-ring (bicyclic) bond motifs is 1. The number of carbonyl (C=O) groups excluding carboxylic acids is 1. The van der Waals surface area contributed by atoms with E-state index in [4.69, 9.17) is 0 Å². The molecule has 1 unspecified atom stereocenters. The normalized spacial score (nSPS) is 12.5. The third-order valence-corrected chi connectivity index (χ3v) is 6.06. The highest BCUT2D eigenvalue weighted by atomic mass is 32.1. The molecule has 0 aliphatic heterocycles. The van der Waals surface area contributed by atoms with Crippen molar-refractivity contribution in [1.29, 1.82) is 0 Å². The van der Waals surface area contributed by atoms with E-state index in [9.17, 15) is 4.79 Å². The molecule has 6 heteroatoms. The van der Waals surface area contributed by atoms with E-state index in [1.807, 2.05) is 25.2 Å². The molecule has 24 heavy (non-hydrogen) atoms. The van der Waals surface area contributed by atoms with Crippen molar-refractivity contribution < 1.29 is 9.69 Å². The number of amides is 1. The number of hydrogen-bond acceptors (Lipinski definition) is 4. The van der Waals surface area contributed by atoms with Crippen LogP contribution in [-0.2, 0) is 17.9 Å². The van der Waals surface area contributed by atoms with E-state index in [1.54, 1.807) is 27.6 Å². The predicted molar refractivity (Wildman–Crippen MR) is 101 cm³/mol. The number of nitrogens with zero attached hydrogens (tertiary/aromatic N) is 2. The molecule has 0 spiro atoms. The van der Waals surface area contributed by atoms with Gasteiger partial charge in [-0.3, -0.25) is 4.79 Å². The van der Waals surface area contributed by atoms with Crippen molar-refractivity contribution >= 4 is 38.8 Å². The van der Waals surface area contributed by atoms with Gasteiger partial charge in [0.25, 0.3) is 5.91 Å². The second kappa shape index (κ2) is 7.42. The molecular weight excluding hydrogens is 338 g/mol. The number of nitrogens with one attached hydrogen (secondary N) is 1. The average molecular weight is 361 g/mol. The monoisotopic (exact) mass is 360 g/mol. The van der Waals surface area contributed by atoms with Crippen molar-refractivity contribution in [2.24, 2.45) is 0 Å². The number of thiophene rings is 1. The van der Waals surface area contributed by atoms with Gasteiger partial charge in [0.15, 0.2) is 6.54 Å². The lowest BCUT2D eigenvalue weighted by atomic mass is 10.3. The number of benzene rings is 1. The first-order chi connectivity index (χ1) is 11.5. The lowest BCUT2D eigenvalue weighted by Crippen LogP contribution is -3.08. The maximum atomic E-state index is 12.5. The van der Waals surface area contributed by atoms with Crippen molar-refractivity contribution in [3.05, 3.63) is 51.2 Å². The highest BCUT2D eigenvalue weighted by Gasteiger charge is 2.17. The van der Waals surface area contributed by atoms with Crippen molar-refractivity contribution in [2.45, 2.75) is 20.0 Å². The summed E-state index contributed by atoms with van der Waals surface area (Å²) in [5.41, 5.74) is 2.32. The minimum absolute atomic E-state index is 0.154. The fourth-order valence-corrected chi connectivity index (χ4v) is 4.63. The van der Waals surface area contributed by atoms with Crippen LogP contribution in [0.5, 0.6) is 0 Å². The molecule has 2 aromatic heterocycles. The molecule has 0 saturated carbocycles. The summed E-state index contributed by atoms with van der Waals surface area (Å²) in [7, 11) is 3.93. The summed E-state index contributed by atoms with van der Waals surface area (Å²) >= 11 is 3.42. The predicted octanol–water partition coefficient (Wildman–Crippen LogP) is 2.34. The van der Waals surface area contributed by atoms with Crippen LogP contribution in [-0.4, -0.2) is 36.4 Å². The molecule has 1 amide bonds. The van der Waals surface area contributed by atoms with Crippen LogP contribution in [0.1, 0.15) is 15.4 Å². The van der Waals surface area contributed by atoms with Crippen LogP contribution < -0.4 is 4.90 Å². The zero-order chi connectivity index (χ0) is 17.1. The van der Waals surface area contributed by atoms with Crippen LogP contribution in [0.15, 0.2) is 35.7 Å². The summed E-state index contributed by atoms with van der Waals surface area (Å²) in [5.74, 6) is 0.154. The summed E-state index contributed by atoms with van der Waals surface area (Å²) < 4.78 is 1.17. The van der Waals surface area contributed by atoms with E-state index in [-0.39, 0.29) is 5.91 Å². The van der Waals surface area contributed by atoms with E-state index in [0.29, 0.717) is 13.1 Å². The second-order valence-corrected chi connectivity index (χ2v) is 8.28. The third-order valence-electron chi connectivity index (χ3n) is 4.02. The Morgan fingerprint density at radius 3 is 2.79 bits per heavy atom. The number of carbonyl (C=O) groups is 1. The number of hydrogen-bond donors (Lipinski definition) is 1. The minimum atomic E-state index is 0.154. The third kappa shape index (κ3) is 4.01. The molecule has 0 aliphatic carbocycles. The average Bonchev–Trinajstić information content (AvgIpc) is 3.13. The SMILES string of the molecule is Cc1ccsc1C[NH+](C)CC(=O)N(C)Cc1nc2ccccc2s1. The molecule has 2 heterocycles. The van der Waals surface area contributed by atoms with Crippen molar-refractivity contribution in [3.8, 4) is 0 Å². The molecule has 4 nitrogen and oxygen atoms in total.